The van der Waals surface area contributed by atoms with Gasteiger partial charge < -0.3 is 15.4 Å². The van der Waals surface area contributed by atoms with Gasteiger partial charge in [-0.1, -0.05) is 25.7 Å². The number of rotatable bonds is 5. The first kappa shape index (κ1) is 17.2. The molecule has 2 fully saturated rings. The van der Waals surface area contributed by atoms with E-state index in [9.17, 15) is 9.59 Å². The van der Waals surface area contributed by atoms with Crippen molar-refractivity contribution in [3.63, 3.8) is 0 Å². The summed E-state index contributed by atoms with van der Waals surface area (Å²) in [6, 6.07) is 0.175. The molecule has 22 heavy (non-hydrogen) atoms. The molecule has 0 aromatic heterocycles. The maximum atomic E-state index is 11.9. The molecule has 1 saturated heterocycles. The van der Waals surface area contributed by atoms with E-state index in [-0.39, 0.29) is 6.04 Å². The molecule has 0 unspecified atom stereocenters. The lowest BCUT2D eigenvalue weighted by Crippen LogP contribution is -2.45. The summed E-state index contributed by atoms with van der Waals surface area (Å²) in [5.41, 5.74) is 0. The minimum Gasteiger partial charge on any atom is -0.379 e. The Morgan fingerprint density at radius 3 is 2.36 bits per heavy atom. The van der Waals surface area contributed by atoms with Crippen molar-refractivity contribution in [1.29, 1.82) is 0 Å². The molecular formula is C16H29N3O3. The van der Waals surface area contributed by atoms with E-state index in [0.29, 0.717) is 6.54 Å². The monoisotopic (exact) mass is 311 g/mol. The van der Waals surface area contributed by atoms with E-state index in [1.807, 2.05) is 0 Å². The minimum atomic E-state index is -0.494. The predicted molar refractivity (Wildman–Crippen MR) is 84.5 cm³/mol. The summed E-state index contributed by atoms with van der Waals surface area (Å²) in [7, 11) is 0. The van der Waals surface area contributed by atoms with E-state index in [1.165, 1.54) is 12.8 Å². The molecule has 1 aliphatic heterocycles. The molecule has 1 saturated carbocycles. The lowest BCUT2D eigenvalue weighted by molar-refractivity contribution is -0.139. The van der Waals surface area contributed by atoms with Gasteiger partial charge in [-0.3, -0.25) is 14.5 Å². The summed E-state index contributed by atoms with van der Waals surface area (Å²) in [6.07, 6.45) is 7.62. The molecule has 2 N–H and O–H groups in total. The minimum absolute atomic E-state index is 0.175. The SMILES string of the molecule is O=C(NCCCN1CCOCC1)C(=O)NC1CCCCCC1. The molecule has 126 valence electrons. The van der Waals surface area contributed by atoms with Crippen LogP contribution >= 0.6 is 0 Å². The Kier molecular flexibility index (Phi) is 7.66. The van der Waals surface area contributed by atoms with Crippen LogP contribution in [-0.4, -0.2) is 62.1 Å². The van der Waals surface area contributed by atoms with Gasteiger partial charge in [0.25, 0.3) is 0 Å². The number of morpholine rings is 1. The average molecular weight is 311 g/mol. The molecule has 0 spiro atoms. The molecule has 2 amide bonds. The highest BCUT2D eigenvalue weighted by Gasteiger charge is 2.19. The highest BCUT2D eigenvalue weighted by molar-refractivity contribution is 6.35. The molecule has 1 aliphatic carbocycles. The summed E-state index contributed by atoms with van der Waals surface area (Å²) in [5, 5.41) is 5.59. The third kappa shape index (κ3) is 6.32. The number of carbonyl (C=O) groups is 2. The summed E-state index contributed by atoms with van der Waals surface area (Å²) in [5.74, 6) is -0.968. The van der Waals surface area contributed by atoms with Crippen molar-refractivity contribution in [3.05, 3.63) is 0 Å². The largest absolute Gasteiger partial charge is 0.379 e. The topological polar surface area (TPSA) is 70.7 Å². The van der Waals surface area contributed by atoms with Gasteiger partial charge in [0.15, 0.2) is 0 Å². The second-order valence-corrected chi connectivity index (χ2v) is 6.23. The molecule has 0 aromatic carbocycles. The van der Waals surface area contributed by atoms with Crippen molar-refractivity contribution in [2.24, 2.45) is 0 Å². The van der Waals surface area contributed by atoms with E-state index in [2.05, 4.69) is 15.5 Å². The molecule has 0 aromatic rings. The summed E-state index contributed by atoms with van der Waals surface area (Å²) < 4.78 is 5.29. The Bertz CT molecular complexity index is 349. The fourth-order valence-corrected chi connectivity index (χ4v) is 3.08. The lowest BCUT2D eigenvalue weighted by atomic mass is 10.1. The number of amides is 2. The van der Waals surface area contributed by atoms with Gasteiger partial charge in [0.2, 0.25) is 0 Å². The first-order chi connectivity index (χ1) is 10.8. The maximum Gasteiger partial charge on any atom is 0.309 e. The first-order valence-corrected chi connectivity index (χ1v) is 8.64. The van der Waals surface area contributed by atoms with Crippen LogP contribution in [0.2, 0.25) is 0 Å². The van der Waals surface area contributed by atoms with Gasteiger partial charge in [-0.05, 0) is 25.8 Å². The number of nitrogens with one attached hydrogen (secondary N) is 2. The van der Waals surface area contributed by atoms with Crippen LogP contribution in [0.4, 0.5) is 0 Å². The smallest absolute Gasteiger partial charge is 0.309 e. The third-order valence-electron chi connectivity index (χ3n) is 4.44. The van der Waals surface area contributed by atoms with Crippen molar-refractivity contribution in [2.45, 2.75) is 51.0 Å². The van der Waals surface area contributed by atoms with Crippen LogP contribution in [0.15, 0.2) is 0 Å². The molecule has 0 bridgehead atoms. The van der Waals surface area contributed by atoms with Gasteiger partial charge >= 0.3 is 11.8 Å². The molecule has 6 heteroatoms. The Morgan fingerprint density at radius 1 is 1.00 bits per heavy atom. The van der Waals surface area contributed by atoms with E-state index in [0.717, 1.165) is 65.0 Å². The Labute approximate surface area is 132 Å². The van der Waals surface area contributed by atoms with Crippen molar-refractivity contribution in [1.82, 2.24) is 15.5 Å². The van der Waals surface area contributed by atoms with Gasteiger partial charge in [0.05, 0.1) is 13.2 Å². The predicted octanol–water partition coefficient (Wildman–Crippen LogP) is 0.664. The lowest BCUT2D eigenvalue weighted by Gasteiger charge is -2.26. The van der Waals surface area contributed by atoms with Gasteiger partial charge in [0, 0.05) is 25.7 Å². The molecule has 6 nitrogen and oxygen atoms in total. The highest BCUT2D eigenvalue weighted by atomic mass is 16.5. The van der Waals surface area contributed by atoms with Crippen LogP contribution in [0, 0.1) is 0 Å². The fraction of sp³-hybridized carbons (Fsp3) is 0.875. The Balaban J connectivity index is 1.56. The number of hydrogen-bond acceptors (Lipinski definition) is 4. The second kappa shape index (κ2) is 9.79. The maximum absolute atomic E-state index is 11.9. The zero-order valence-electron chi connectivity index (χ0n) is 13.4. The van der Waals surface area contributed by atoms with Crippen LogP contribution < -0.4 is 10.6 Å². The number of ether oxygens (including phenoxy) is 1. The van der Waals surface area contributed by atoms with Crippen LogP contribution in [0.5, 0.6) is 0 Å². The molecular weight excluding hydrogens is 282 g/mol. The van der Waals surface area contributed by atoms with Crippen molar-refractivity contribution >= 4 is 11.8 Å². The first-order valence-electron chi connectivity index (χ1n) is 8.64. The molecule has 0 radical (unpaired) electrons. The van der Waals surface area contributed by atoms with Crippen molar-refractivity contribution < 1.29 is 14.3 Å². The summed E-state index contributed by atoms with van der Waals surface area (Å²) >= 11 is 0. The van der Waals surface area contributed by atoms with Crippen molar-refractivity contribution in [3.8, 4) is 0 Å². The van der Waals surface area contributed by atoms with Crippen LogP contribution in [-0.2, 0) is 14.3 Å². The quantitative estimate of drug-likeness (QED) is 0.445. The number of nitrogens with zero attached hydrogens (tertiary/aromatic N) is 1. The van der Waals surface area contributed by atoms with Crippen LogP contribution in [0.1, 0.15) is 44.9 Å². The third-order valence-corrected chi connectivity index (χ3v) is 4.44. The van der Waals surface area contributed by atoms with Crippen LogP contribution in [0.3, 0.4) is 0 Å². The Hall–Kier alpha value is -1.14. The molecule has 2 aliphatic rings. The summed E-state index contributed by atoms with van der Waals surface area (Å²) in [4.78, 5) is 26.0. The molecule has 2 rings (SSSR count). The highest BCUT2D eigenvalue weighted by Crippen LogP contribution is 2.16. The average Bonchev–Trinajstić information content (AvgIpc) is 2.81. The molecule has 1 heterocycles. The van der Waals surface area contributed by atoms with E-state index in [4.69, 9.17) is 4.74 Å². The summed E-state index contributed by atoms with van der Waals surface area (Å²) in [6.45, 7) is 4.97. The zero-order chi connectivity index (χ0) is 15.6. The van der Waals surface area contributed by atoms with Gasteiger partial charge in [-0.15, -0.1) is 0 Å². The van der Waals surface area contributed by atoms with Gasteiger partial charge in [-0.2, -0.15) is 0 Å². The van der Waals surface area contributed by atoms with Gasteiger partial charge in [-0.25, -0.2) is 0 Å². The number of hydrogen-bond donors (Lipinski definition) is 2. The van der Waals surface area contributed by atoms with E-state index >= 15 is 0 Å². The van der Waals surface area contributed by atoms with Crippen LogP contribution in [0.25, 0.3) is 0 Å². The number of carbonyl (C=O) groups excluding carboxylic acids is 2. The normalized spacial score (nSPS) is 21.1. The fourth-order valence-electron chi connectivity index (χ4n) is 3.08. The second-order valence-electron chi connectivity index (χ2n) is 6.23. The van der Waals surface area contributed by atoms with E-state index in [1.54, 1.807) is 0 Å². The van der Waals surface area contributed by atoms with Crippen molar-refractivity contribution in [2.75, 3.05) is 39.4 Å². The molecule has 0 atom stereocenters. The van der Waals surface area contributed by atoms with E-state index < -0.39 is 11.8 Å². The van der Waals surface area contributed by atoms with Gasteiger partial charge in [0.1, 0.15) is 0 Å². The zero-order valence-corrected chi connectivity index (χ0v) is 13.4. The Morgan fingerprint density at radius 2 is 1.68 bits per heavy atom. The standard InChI is InChI=1S/C16H29N3O3/c20-15(16(21)18-14-6-3-1-2-4-7-14)17-8-5-9-19-10-12-22-13-11-19/h14H,1-13H2,(H,17,20)(H,18,21).